The third kappa shape index (κ3) is 2.86. The number of ether oxygens (including phenoxy) is 1. The van der Waals surface area contributed by atoms with Crippen LogP contribution in [0.15, 0.2) is 24.3 Å². The summed E-state index contributed by atoms with van der Waals surface area (Å²) in [5.41, 5.74) is 1.21. The number of carbonyl (C=O) groups excluding carboxylic acids is 1. The molecule has 5 heteroatoms. The van der Waals surface area contributed by atoms with Gasteiger partial charge in [-0.1, -0.05) is 6.07 Å². The number of carboxylic acids is 1. The van der Waals surface area contributed by atoms with Gasteiger partial charge in [0, 0.05) is 12.2 Å². The number of aliphatic carboxylic acids is 1. The number of carboxylic acid groups (broad SMARTS) is 1. The lowest BCUT2D eigenvalue weighted by atomic mass is 10.1. The zero-order chi connectivity index (χ0) is 13.8. The van der Waals surface area contributed by atoms with E-state index in [0.29, 0.717) is 25.1 Å². The summed E-state index contributed by atoms with van der Waals surface area (Å²) >= 11 is 0. The zero-order valence-electron chi connectivity index (χ0n) is 10.8. The lowest BCUT2D eigenvalue weighted by molar-refractivity contribution is -0.138. The van der Waals surface area contributed by atoms with Crippen molar-refractivity contribution < 1.29 is 19.4 Å². The van der Waals surface area contributed by atoms with Crippen LogP contribution in [0.4, 0.5) is 5.69 Å². The van der Waals surface area contributed by atoms with E-state index in [1.807, 2.05) is 11.0 Å². The van der Waals surface area contributed by atoms with E-state index in [2.05, 4.69) is 0 Å². The molecule has 1 aromatic rings. The summed E-state index contributed by atoms with van der Waals surface area (Å²) < 4.78 is 4.95. The van der Waals surface area contributed by atoms with Crippen LogP contribution in [0.2, 0.25) is 0 Å². The van der Waals surface area contributed by atoms with Gasteiger partial charge in [-0.25, -0.2) is 9.59 Å². The molecule has 0 spiro atoms. The summed E-state index contributed by atoms with van der Waals surface area (Å²) in [5, 5.41) is 9.17. The van der Waals surface area contributed by atoms with Crippen molar-refractivity contribution >= 4 is 17.6 Å². The van der Waals surface area contributed by atoms with Crippen LogP contribution in [0.5, 0.6) is 0 Å². The number of anilines is 1. The highest BCUT2D eigenvalue weighted by atomic mass is 16.5. The Bertz CT molecular complexity index is 486. The maximum absolute atomic E-state index is 11.7. The van der Waals surface area contributed by atoms with Crippen molar-refractivity contribution in [2.24, 2.45) is 0 Å². The van der Waals surface area contributed by atoms with Gasteiger partial charge in [0.15, 0.2) is 0 Å². The Morgan fingerprint density at radius 1 is 1.47 bits per heavy atom. The Morgan fingerprint density at radius 3 is 2.95 bits per heavy atom. The minimum absolute atomic E-state index is 0.324. The van der Waals surface area contributed by atoms with E-state index in [1.54, 1.807) is 25.1 Å². The molecule has 0 aliphatic carbocycles. The Morgan fingerprint density at radius 2 is 2.26 bits per heavy atom. The highest BCUT2D eigenvalue weighted by Crippen LogP contribution is 2.26. The maximum atomic E-state index is 11.7. The Kier molecular flexibility index (Phi) is 4.04. The van der Waals surface area contributed by atoms with Crippen molar-refractivity contribution in [3.05, 3.63) is 29.8 Å². The van der Waals surface area contributed by atoms with Crippen molar-refractivity contribution in [1.29, 1.82) is 0 Å². The van der Waals surface area contributed by atoms with Gasteiger partial charge in [0.1, 0.15) is 6.04 Å². The number of nitrogens with zero attached hydrogens (tertiary/aromatic N) is 1. The summed E-state index contributed by atoms with van der Waals surface area (Å²) in [7, 11) is 0. The summed E-state index contributed by atoms with van der Waals surface area (Å²) in [4.78, 5) is 24.7. The first-order chi connectivity index (χ1) is 9.13. The molecule has 0 saturated carbocycles. The fraction of sp³-hybridized carbons (Fsp3) is 0.429. The molecule has 1 N–H and O–H groups in total. The first kappa shape index (κ1) is 13.4. The van der Waals surface area contributed by atoms with E-state index in [1.165, 1.54) is 0 Å². The second-order valence-electron chi connectivity index (χ2n) is 4.46. The number of carbonyl (C=O) groups is 2. The van der Waals surface area contributed by atoms with Crippen LogP contribution >= 0.6 is 0 Å². The molecule has 1 fully saturated rings. The largest absolute Gasteiger partial charge is 0.480 e. The molecule has 1 aliphatic heterocycles. The Balaban J connectivity index is 2.23. The van der Waals surface area contributed by atoms with E-state index in [-0.39, 0.29) is 5.97 Å². The summed E-state index contributed by atoms with van der Waals surface area (Å²) in [6.45, 7) is 2.77. The lowest BCUT2D eigenvalue weighted by Crippen LogP contribution is -2.35. The molecule has 1 aromatic carbocycles. The van der Waals surface area contributed by atoms with Crippen LogP contribution in [-0.4, -0.2) is 36.2 Å². The van der Waals surface area contributed by atoms with Crippen LogP contribution in [0.1, 0.15) is 30.1 Å². The predicted octanol–water partition coefficient (Wildman–Crippen LogP) is 1.92. The Labute approximate surface area is 111 Å². The van der Waals surface area contributed by atoms with Crippen LogP contribution in [0, 0.1) is 0 Å². The van der Waals surface area contributed by atoms with Gasteiger partial charge in [0.25, 0.3) is 0 Å². The molecular formula is C14H17NO4. The van der Waals surface area contributed by atoms with Gasteiger partial charge in [-0.3, -0.25) is 0 Å². The summed E-state index contributed by atoms with van der Waals surface area (Å²) in [6, 6.07) is 6.44. The van der Waals surface area contributed by atoms with Crippen molar-refractivity contribution in [1.82, 2.24) is 0 Å². The summed E-state index contributed by atoms with van der Waals surface area (Å²) in [5.74, 6) is -1.20. The normalized spacial score (nSPS) is 18.4. The van der Waals surface area contributed by atoms with E-state index < -0.39 is 12.0 Å². The smallest absolute Gasteiger partial charge is 0.338 e. The number of benzene rings is 1. The molecule has 1 heterocycles. The molecule has 19 heavy (non-hydrogen) atoms. The molecule has 1 saturated heterocycles. The molecule has 0 aromatic heterocycles. The van der Waals surface area contributed by atoms with Crippen LogP contribution in [0.25, 0.3) is 0 Å². The maximum Gasteiger partial charge on any atom is 0.338 e. The monoisotopic (exact) mass is 263 g/mol. The highest BCUT2D eigenvalue weighted by Gasteiger charge is 2.30. The van der Waals surface area contributed by atoms with Gasteiger partial charge in [-0.05, 0) is 38.0 Å². The first-order valence-corrected chi connectivity index (χ1v) is 6.40. The molecule has 0 bridgehead atoms. The van der Waals surface area contributed by atoms with E-state index in [0.717, 1.165) is 12.1 Å². The zero-order valence-corrected chi connectivity index (χ0v) is 10.8. The average molecular weight is 263 g/mol. The number of hydrogen-bond donors (Lipinski definition) is 1. The number of hydrogen-bond acceptors (Lipinski definition) is 4. The van der Waals surface area contributed by atoms with Gasteiger partial charge in [-0.15, -0.1) is 0 Å². The van der Waals surface area contributed by atoms with Gasteiger partial charge in [-0.2, -0.15) is 0 Å². The van der Waals surface area contributed by atoms with E-state index in [4.69, 9.17) is 4.74 Å². The minimum Gasteiger partial charge on any atom is -0.480 e. The molecule has 0 amide bonds. The minimum atomic E-state index is -0.820. The Hall–Kier alpha value is -2.04. The second-order valence-corrected chi connectivity index (χ2v) is 4.46. The molecule has 2 rings (SSSR count). The van der Waals surface area contributed by atoms with Crippen molar-refractivity contribution in [2.45, 2.75) is 25.8 Å². The van der Waals surface area contributed by atoms with Gasteiger partial charge in [0.05, 0.1) is 12.2 Å². The number of esters is 1. The molecule has 1 aliphatic rings. The highest BCUT2D eigenvalue weighted by molar-refractivity contribution is 5.91. The molecule has 1 atom stereocenters. The van der Waals surface area contributed by atoms with Crippen LogP contribution in [-0.2, 0) is 9.53 Å². The predicted molar refractivity (Wildman–Crippen MR) is 70.4 cm³/mol. The van der Waals surface area contributed by atoms with Crippen LogP contribution in [0.3, 0.4) is 0 Å². The fourth-order valence-electron chi connectivity index (χ4n) is 2.36. The van der Waals surface area contributed by atoms with Crippen molar-refractivity contribution in [3.8, 4) is 0 Å². The van der Waals surface area contributed by atoms with E-state index >= 15 is 0 Å². The first-order valence-electron chi connectivity index (χ1n) is 6.40. The van der Waals surface area contributed by atoms with Crippen LogP contribution < -0.4 is 4.90 Å². The summed E-state index contributed by atoms with van der Waals surface area (Å²) in [6.07, 6.45) is 1.49. The number of rotatable bonds is 4. The third-order valence-corrected chi connectivity index (χ3v) is 3.23. The van der Waals surface area contributed by atoms with Crippen molar-refractivity contribution in [3.63, 3.8) is 0 Å². The van der Waals surface area contributed by atoms with Gasteiger partial charge in [0.2, 0.25) is 0 Å². The average Bonchev–Trinajstić information content (AvgIpc) is 2.88. The quantitative estimate of drug-likeness (QED) is 0.841. The van der Waals surface area contributed by atoms with Crippen molar-refractivity contribution in [2.75, 3.05) is 18.1 Å². The molecule has 102 valence electrons. The fourth-order valence-corrected chi connectivity index (χ4v) is 2.36. The topological polar surface area (TPSA) is 66.8 Å². The van der Waals surface area contributed by atoms with E-state index in [9.17, 15) is 14.7 Å². The lowest BCUT2D eigenvalue weighted by Gasteiger charge is -2.23. The van der Waals surface area contributed by atoms with Gasteiger partial charge < -0.3 is 14.7 Å². The molecule has 1 unspecified atom stereocenters. The molecule has 5 nitrogen and oxygen atoms in total. The molecule has 0 radical (unpaired) electrons. The molecular weight excluding hydrogens is 246 g/mol. The third-order valence-electron chi connectivity index (χ3n) is 3.23. The van der Waals surface area contributed by atoms with Gasteiger partial charge >= 0.3 is 11.9 Å². The second kappa shape index (κ2) is 5.73. The SMILES string of the molecule is CCOC(=O)c1cccc(N2CCCC2C(=O)O)c1. The standard InChI is InChI=1S/C14H17NO4/c1-2-19-14(18)10-5-3-6-11(9-10)15-8-4-7-12(15)13(16)17/h3,5-6,9,12H,2,4,7-8H2,1H3,(H,16,17).